The molecule has 1 aliphatic rings. The molecule has 38 heavy (non-hydrogen) atoms. The minimum atomic E-state index is -0.923. The lowest BCUT2D eigenvalue weighted by atomic mass is 9.95. The zero-order valence-electron chi connectivity index (χ0n) is 22.5. The van der Waals surface area contributed by atoms with Crippen molar-refractivity contribution in [3.05, 3.63) is 49.1 Å². The number of carbonyl (C=O) groups excluding carboxylic acids is 2. The molecule has 1 fully saturated rings. The maximum absolute atomic E-state index is 13.6. The van der Waals surface area contributed by atoms with E-state index in [9.17, 15) is 9.59 Å². The van der Waals surface area contributed by atoms with Gasteiger partial charge in [0.25, 0.3) is 5.91 Å². The van der Waals surface area contributed by atoms with Gasteiger partial charge in [-0.3, -0.25) is 14.3 Å². The number of fused-ring (bicyclic) bond motifs is 1. The first-order chi connectivity index (χ1) is 18.1. The molecule has 1 saturated heterocycles. The van der Waals surface area contributed by atoms with Gasteiger partial charge in [0, 0.05) is 54.1 Å². The van der Waals surface area contributed by atoms with Crippen LogP contribution < -0.4 is 10.6 Å². The van der Waals surface area contributed by atoms with Crippen LogP contribution in [-0.2, 0) is 9.59 Å². The Morgan fingerprint density at radius 3 is 2.63 bits per heavy atom. The number of anilines is 2. The Hall–Kier alpha value is -4.21. The monoisotopic (exact) mass is 514 g/mol. The maximum atomic E-state index is 13.6. The first kappa shape index (κ1) is 25.4. The molecule has 2 N–H and O–H groups in total. The molecule has 0 bridgehead atoms. The standard InChI is InChI=1S/C28H34N8O2/c1-6-8-24(37)34-12-11-33(27(38)28(34,4)5)21-10-7-9-19(13-21)23-14-22(20-15-31-35(16-20)18(2)3)25-26(29)30-17-32-36(23)25/h7,9-10,13-18H,6,8,11-12H2,1-5H3,(H2,29,30,32). The van der Waals surface area contributed by atoms with E-state index in [1.165, 1.54) is 6.33 Å². The number of piperazine rings is 1. The number of rotatable bonds is 6. The number of aromatic nitrogens is 5. The van der Waals surface area contributed by atoms with Crippen LogP contribution in [0.3, 0.4) is 0 Å². The van der Waals surface area contributed by atoms with Crippen molar-refractivity contribution >= 4 is 28.8 Å². The molecular weight excluding hydrogens is 480 g/mol. The van der Waals surface area contributed by atoms with E-state index in [0.29, 0.717) is 30.8 Å². The van der Waals surface area contributed by atoms with E-state index in [-0.39, 0.29) is 17.9 Å². The third-order valence-corrected chi connectivity index (χ3v) is 7.23. The number of nitrogens with zero attached hydrogens (tertiary/aromatic N) is 7. The smallest absolute Gasteiger partial charge is 0.252 e. The minimum absolute atomic E-state index is 0.0181. The van der Waals surface area contributed by atoms with Crippen LogP contribution in [0, 0.1) is 0 Å². The molecule has 4 aromatic rings. The zero-order valence-corrected chi connectivity index (χ0v) is 22.5. The second kappa shape index (κ2) is 9.59. The van der Waals surface area contributed by atoms with Crippen LogP contribution in [-0.4, -0.2) is 59.7 Å². The van der Waals surface area contributed by atoms with Crippen molar-refractivity contribution in [2.45, 2.75) is 59.0 Å². The van der Waals surface area contributed by atoms with Gasteiger partial charge in [0.15, 0.2) is 5.82 Å². The Labute approximate surface area is 222 Å². The zero-order chi connectivity index (χ0) is 27.2. The summed E-state index contributed by atoms with van der Waals surface area (Å²) in [7, 11) is 0. The van der Waals surface area contributed by atoms with E-state index >= 15 is 0 Å². The molecule has 5 rings (SSSR count). The molecule has 0 aliphatic carbocycles. The van der Waals surface area contributed by atoms with Crippen molar-refractivity contribution in [1.82, 2.24) is 29.3 Å². The fourth-order valence-corrected chi connectivity index (χ4v) is 5.14. The highest BCUT2D eigenvalue weighted by atomic mass is 16.2. The van der Waals surface area contributed by atoms with E-state index in [1.54, 1.807) is 14.3 Å². The van der Waals surface area contributed by atoms with Gasteiger partial charge < -0.3 is 15.5 Å². The predicted molar refractivity (Wildman–Crippen MR) is 147 cm³/mol. The van der Waals surface area contributed by atoms with Crippen molar-refractivity contribution in [3.8, 4) is 22.4 Å². The third-order valence-electron chi connectivity index (χ3n) is 7.23. The van der Waals surface area contributed by atoms with Gasteiger partial charge in [-0.25, -0.2) is 9.50 Å². The third kappa shape index (κ3) is 4.19. The molecule has 0 saturated carbocycles. The number of amides is 2. The second-order valence-electron chi connectivity index (χ2n) is 10.5. The van der Waals surface area contributed by atoms with Crippen molar-refractivity contribution in [2.75, 3.05) is 23.7 Å². The first-order valence-electron chi connectivity index (χ1n) is 13.0. The van der Waals surface area contributed by atoms with E-state index in [0.717, 1.165) is 34.5 Å². The van der Waals surface area contributed by atoms with Crippen LogP contribution in [0.2, 0.25) is 0 Å². The average molecular weight is 515 g/mol. The summed E-state index contributed by atoms with van der Waals surface area (Å²) in [6.07, 6.45) is 6.45. The molecule has 2 amide bonds. The second-order valence-corrected chi connectivity index (χ2v) is 10.5. The number of carbonyl (C=O) groups is 2. The number of nitrogen functional groups attached to an aromatic ring is 1. The van der Waals surface area contributed by atoms with Gasteiger partial charge in [-0.15, -0.1) is 0 Å². The van der Waals surface area contributed by atoms with E-state index < -0.39 is 5.54 Å². The van der Waals surface area contributed by atoms with Crippen LogP contribution >= 0.6 is 0 Å². The molecular formula is C28H34N8O2. The highest BCUT2D eigenvalue weighted by Gasteiger charge is 2.44. The van der Waals surface area contributed by atoms with Gasteiger partial charge >= 0.3 is 0 Å². The molecule has 10 heteroatoms. The highest BCUT2D eigenvalue weighted by Crippen LogP contribution is 2.36. The Morgan fingerprint density at radius 1 is 1.13 bits per heavy atom. The predicted octanol–water partition coefficient (Wildman–Crippen LogP) is 4.18. The van der Waals surface area contributed by atoms with Crippen LogP contribution in [0.1, 0.15) is 53.5 Å². The Kier molecular flexibility index (Phi) is 6.42. The normalized spacial score (nSPS) is 15.6. The summed E-state index contributed by atoms with van der Waals surface area (Å²) in [6, 6.07) is 10.1. The fraction of sp³-hybridized carbons (Fsp3) is 0.393. The molecule has 1 aromatic carbocycles. The number of benzene rings is 1. The molecule has 0 atom stereocenters. The van der Waals surface area contributed by atoms with Gasteiger partial charge in [0.1, 0.15) is 17.4 Å². The van der Waals surface area contributed by atoms with Crippen LogP contribution in [0.5, 0.6) is 0 Å². The molecule has 0 unspecified atom stereocenters. The van der Waals surface area contributed by atoms with E-state index in [1.807, 2.05) is 68.2 Å². The van der Waals surface area contributed by atoms with Crippen LogP contribution in [0.25, 0.3) is 27.9 Å². The lowest BCUT2D eigenvalue weighted by Crippen LogP contribution is -2.64. The molecule has 10 nitrogen and oxygen atoms in total. The highest BCUT2D eigenvalue weighted by molar-refractivity contribution is 6.03. The quantitative estimate of drug-likeness (QED) is 0.413. The summed E-state index contributed by atoms with van der Waals surface area (Å²) in [4.78, 5) is 34.0. The lowest BCUT2D eigenvalue weighted by Gasteiger charge is -2.46. The molecule has 0 spiro atoms. The fourth-order valence-electron chi connectivity index (χ4n) is 5.14. The van der Waals surface area contributed by atoms with Gasteiger partial charge in [-0.05, 0) is 52.3 Å². The average Bonchev–Trinajstić information content (AvgIpc) is 3.52. The van der Waals surface area contributed by atoms with Crippen LogP contribution in [0.4, 0.5) is 11.5 Å². The first-order valence-corrected chi connectivity index (χ1v) is 13.0. The molecule has 3 aromatic heterocycles. The summed E-state index contributed by atoms with van der Waals surface area (Å²) in [5.41, 5.74) is 10.4. The Balaban J connectivity index is 1.55. The maximum Gasteiger partial charge on any atom is 0.252 e. The summed E-state index contributed by atoms with van der Waals surface area (Å²) >= 11 is 0. The summed E-state index contributed by atoms with van der Waals surface area (Å²) in [5.74, 6) is 0.294. The van der Waals surface area contributed by atoms with E-state index in [2.05, 4.69) is 29.0 Å². The van der Waals surface area contributed by atoms with Gasteiger partial charge in [0.05, 0.1) is 11.9 Å². The number of hydrogen-bond donors (Lipinski definition) is 1. The Morgan fingerprint density at radius 2 is 1.92 bits per heavy atom. The lowest BCUT2D eigenvalue weighted by molar-refractivity contribution is -0.147. The van der Waals surface area contributed by atoms with Gasteiger partial charge in [-0.2, -0.15) is 10.2 Å². The van der Waals surface area contributed by atoms with Crippen molar-refractivity contribution in [3.63, 3.8) is 0 Å². The molecule has 0 radical (unpaired) electrons. The molecule has 4 heterocycles. The topological polar surface area (TPSA) is 115 Å². The molecule has 1 aliphatic heterocycles. The van der Waals surface area contributed by atoms with Crippen molar-refractivity contribution in [1.29, 1.82) is 0 Å². The van der Waals surface area contributed by atoms with Crippen molar-refractivity contribution in [2.24, 2.45) is 0 Å². The number of hydrogen-bond acceptors (Lipinski definition) is 6. The van der Waals surface area contributed by atoms with Crippen molar-refractivity contribution < 1.29 is 9.59 Å². The largest absolute Gasteiger partial charge is 0.382 e. The van der Waals surface area contributed by atoms with E-state index in [4.69, 9.17) is 5.73 Å². The summed E-state index contributed by atoms with van der Waals surface area (Å²) in [5, 5.41) is 9.00. The summed E-state index contributed by atoms with van der Waals surface area (Å²) < 4.78 is 3.69. The summed E-state index contributed by atoms with van der Waals surface area (Å²) in [6.45, 7) is 10.7. The SMILES string of the molecule is CCCC(=O)N1CCN(c2cccc(-c3cc(-c4cnn(C(C)C)c4)c4c(N)ncnn34)c2)C(=O)C1(C)C. The number of nitrogens with two attached hydrogens (primary N) is 1. The molecule has 198 valence electrons. The Bertz CT molecular complexity index is 1520. The van der Waals surface area contributed by atoms with Crippen LogP contribution in [0.15, 0.2) is 49.1 Å². The van der Waals surface area contributed by atoms with Gasteiger partial charge in [0.2, 0.25) is 5.91 Å². The van der Waals surface area contributed by atoms with Gasteiger partial charge in [-0.1, -0.05) is 19.1 Å². The minimum Gasteiger partial charge on any atom is -0.382 e.